The van der Waals surface area contributed by atoms with Crippen LogP contribution in [0.5, 0.6) is 0 Å². The predicted molar refractivity (Wildman–Crippen MR) is 122 cm³/mol. The fraction of sp³-hybridized carbons (Fsp3) is 0.591. The number of hydrogen-bond acceptors (Lipinski definition) is 7. The van der Waals surface area contributed by atoms with Crippen LogP contribution in [0.3, 0.4) is 0 Å². The van der Waals surface area contributed by atoms with Crippen molar-refractivity contribution in [1.29, 1.82) is 5.41 Å². The van der Waals surface area contributed by atoms with Gasteiger partial charge in [-0.15, -0.1) is 11.3 Å². The van der Waals surface area contributed by atoms with E-state index in [0.29, 0.717) is 11.6 Å². The lowest BCUT2D eigenvalue weighted by molar-refractivity contribution is 0.460. The van der Waals surface area contributed by atoms with Crippen molar-refractivity contribution in [3.63, 3.8) is 0 Å². The van der Waals surface area contributed by atoms with Gasteiger partial charge in [-0.2, -0.15) is 0 Å². The summed E-state index contributed by atoms with van der Waals surface area (Å²) in [6.07, 6.45) is 10.7. The molecule has 0 radical (unpaired) electrons. The Bertz CT molecular complexity index is 818. The Morgan fingerprint density at radius 2 is 1.97 bits per heavy atom. The van der Waals surface area contributed by atoms with Crippen LogP contribution in [0.25, 0.3) is 0 Å². The molecule has 7 heteroatoms. The normalized spacial score (nSPS) is 20.7. The van der Waals surface area contributed by atoms with Crippen molar-refractivity contribution in [2.24, 2.45) is 0 Å². The van der Waals surface area contributed by atoms with Crippen molar-refractivity contribution in [3.8, 4) is 0 Å². The highest BCUT2D eigenvalue weighted by Crippen LogP contribution is 2.30. The largest absolute Gasteiger partial charge is 0.373 e. The van der Waals surface area contributed by atoms with E-state index < -0.39 is 0 Å². The predicted octanol–water partition coefficient (Wildman–Crippen LogP) is 4.23. The molecule has 29 heavy (non-hydrogen) atoms. The first-order valence-electron chi connectivity index (χ1n) is 11.0. The van der Waals surface area contributed by atoms with E-state index in [1.54, 1.807) is 11.3 Å². The van der Waals surface area contributed by atoms with Crippen LogP contribution >= 0.6 is 11.3 Å². The van der Waals surface area contributed by atoms with E-state index in [1.165, 1.54) is 44.9 Å². The second kappa shape index (κ2) is 9.67. The van der Waals surface area contributed by atoms with Crippen molar-refractivity contribution in [1.82, 2.24) is 15.3 Å². The lowest BCUT2D eigenvalue weighted by Gasteiger charge is -2.26. The molecule has 4 rings (SSSR count). The highest BCUT2D eigenvalue weighted by atomic mass is 32.1. The van der Waals surface area contributed by atoms with Gasteiger partial charge < -0.3 is 15.5 Å². The molecule has 6 nitrogen and oxygen atoms in total. The fourth-order valence-electron chi connectivity index (χ4n) is 4.28. The summed E-state index contributed by atoms with van der Waals surface area (Å²) in [6, 6.07) is 4.14. The van der Waals surface area contributed by atoms with Crippen molar-refractivity contribution in [2.75, 3.05) is 43.4 Å². The molecule has 0 saturated carbocycles. The van der Waals surface area contributed by atoms with Crippen molar-refractivity contribution >= 4 is 28.7 Å². The molecule has 2 fully saturated rings. The van der Waals surface area contributed by atoms with E-state index in [1.807, 2.05) is 13.2 Å². The van der Waals surface area contributed by atoms with Crippen molar-refractivity contribution in [3.05, 3.63) is 33.8 Å². The van der Waals surface area contributed by atoms with E-state index in [2.05, 4.69) is 32.7 Å². The first-order chi connectivity index (χ1) is 14.3. The van der Waals surface area contributed by atoms with Gasteiger partial charge in [-0.1, -0.05) is 19.3 Å². The molecular formula is C22H32N6S. The van der Waals surface area contributed by atoms with Gasteiger partial charge in [0, 0.05) is 44.4 Å². The summed E-state index contributed by atoms with van der Waals surface area (Å²) in [5.74, 6) is 2.28. The smallest absolute Gasteiger partial charge is 0.137 e. The third-order valence-electron chi connectivity index (χ3n) is 5.98. The number of thiazole rings is 1. The number of rotatable bonds is 5. The molecule has 0 aliphatic carbocycles. The average Bonchev–Trinajstić information content (AvgIpc) is 3.24. The van der Waals surface area contributed by atoms with Crippen LogP contribution < -0.4 is 15.5 Å². The summed E-state index contributed by atoms with van der Waals surface area (Å²) >= 11 is 1.66. The van der Waals surface area contributed by atoms with Crippen LogP contribution in [-0.2, 0) is 0 Å². The zero-order valence-electron chi connectivity index (χ0n) is 17.3. The molecule has 2 aromatic heterocycles. The minimum Gasteiger partial charge on any atom is -0.373 e. The van der Waals surface area contributed by atoms with Gasteiger partial charge in [-0.05, 0) is 44.4 Å². The van der Waals surface area contributed by atoms with Gasteiger partial charge in [0.2, 0.25) is 0 Å². The van der Waals surface area contributed by atoms with E-state index in [4.69, 9.17) is 10.4 Å². The summed E-state index contributed by atoms with van der Waals surface area (Å²) in [4.78, 5) is 12.8. The number of hydrogen-bond donors (Lipinski definition) is 3. The number of piperidine rings is 1. The average molecular weight is 413 g/mol. The molecule has 2 aliphatic heterocycles. The SMILES string of the molecule is CNc1nc(N2CCCCCCC2)ccc1C(=N)c1cnc(C2CCCNC2)s1. The van der Waals surface area contributed by atoms with Crippen LogP contribution in [0.15, 0.2) is 18.3 Å². The Morgan fingerprint density at radius 1 is 1.17 bits per heavy atom. The second-order valence-corrected chi connectivity index (χ2v) is 9.11. The highest BCUT2D eigenvalue weighted by molar-refractivity contribution is 7.14. The third-order valence-corrected chi connectivity index (χ3v) is 7.16. The Labute approximate surface area is 177 Å². The summed E-state index contributed by atoms with van der Waals surface area (Å²) in [7, 11) is 1.89. The Hall–Kier alpha value is -1.99. The molecule has 0 amide bonds. The fourth-order valence-corrected chi connectivity index (χ4v) is 5.30. The zero-order valence-corrected chi connectivity index (χ0v) is 18.2. The van der Waals surface area contributed by atoms with Crippen LogP contribution in [-0.4, -0.2) is 48.9 Å². The summed E-state index contributed by atoms with van der Waals surface area (Å²) in [5, 5.41) is 16.6. The van der Waals surface area contributed by atoms with Crippen LogP contribution in [0.1, 0.15) is 66.3 Å². The van der Waals surface area contributed by atoms with E-state index in [0.717, 1.165) is 53.3 Å². The summed E-state index contributed by atoms with van der Waals surface area (Å²) in [5.41, 5.74) is 1.36. The van der Waals surface area contributed by atoms with Crippen molar-refractivity contribution < 1.29 is 0 Å². The minimum absolute atomic E-state index is 0.478. The maximum atomic E-state index is 8.78. The number of nitrogens with one attached hydrogen (secondary N) is 3. The molecule has 0 spiro atoms. The van der Waals surface area contributed by atoms with Gasteiger partial charge in [-0.3, -0.25) is 5.41 Å². The maximum absolute atomic E-state index is 8.78. The summed E-state index contributed by atoms with van der Waals surface area (Å²) < 4.78 is 0. The molecule has 4 heterocycles. The molecule has 2 saturated heterocycles. The van der Waals surface area contributed by atoms with Crippen LogP contribution in [0.2, 0.25) is 0 Å². The molecule has 0 bridgehead atoms. The molecule has 1 atom stereocenters. The molecule has 1 unspecified atom stereocenters. The van der Waals surface area contributed by atoms with Crippen LogP contribution in [0, 0.1) is 5.41 Å². The number of anilines is 2. The monoisotopic (exact) mass is 412 g/mol. The van der Waals surface area contributed by atoms with Crippen LogP contribution in [0.4, 0.5) is 11.6 Å². The zero-order chi connectivity index (χ0) is 20.1. The standard InChI is InChI=1S/C22H32N6S/c1-24-21-17(9-10-19(27-21)28-12-5-3-2-4-6-13-28)20(23)18-15-26-22(29-18)16-8-7-11-25-14-16/h9-10,15-16,23,25H,2-8,11-14H2,1H3,(H,24,27). The van der Waals surface area contributed by atoms with E-state index in [-0.39, 0.29) is 0 Å². The molecular weight excluding hydrogens is 380 g/mol. The van der Waals surface area contributed by atoms with Gasteiger partial charge >= 0.3 is 0 Å². The lowest BCUT2D eigenvalue weighted by Crippen LogP contribution is -2.28. The van der Waals surface area contributed by atoms with Gasteiger partial charge in [-0.25, -0.2) is 9.97 Å². The topological polar surface area (TPSA) is 76.9 Å². The third kappa shape index (κ3) is 4.78. The minimum atomic E-state index is 0.478. The Kier molecular flexibility index (Phi) is 6.77. The Balaban J connectivity index is 1.53. The lowest BCUT2D eigenvalue weighted by atomic mass is 10.0. The summed E-state index contributed by atoms with van der Waals surface area (Å²) in [6.45, 7) is 4.24. The second-order valence-electron chi connectivity index (χ2n) is 8.05. The van der Waals surface area contributed by atoms with E-state index in [9.17, 15) is 0 Å². The maximum Gasteiger partial charge on any atom is 0.137 e. The molecule has 2 aliphatic rings. The molecule has 3 N–H and O–H groups in total. The molecule has 156 valence electrons. The quantitative estimate of drug-likeness (QED) is 0.641. The number of aromatic nitrogens is 2. The van der Waals surface area contributed by atoms with Gasteiger partial charge in [0.1, 0.15) is 11.6 Å². The van der Waals surface area contributed by atoms with Crippen molar-refractivity contribution in [2.45, 2.75) is 50.9 Å². The Morgan fingerprint density at radius 3 is 2.69 bits per heavy atom. The molecule has 0 aromatic carbocycles. The number of nitrogens with zero attached hydrogens (tertiary/aromatic N) is 3. The van der Waals surface area contributed by atoms with Gasteiger partial charge in [0.15, 0.2) is 0 Å². The molecule has 2 aromatic rings. The first kappa shape index (κ1) is 20.3. The van der Waals surface area contributed by atoms with E-state index >= 15 is 0 Å². The van der Waals surface area contributed by atoms with Gasteiger partial charge in [0.25, 0.3) is 0 Å². The highest BCUT2D eigenvalue weighted by Gasteiger charge is 2.21. The number of pyridine rings is 1. The van der Waals surface area contributed by atoms with Gasteiger partial charge in [0.05, 0.1) is 15.6 Å². The first-order valence-corrected chi connectivity index (χ1v) is 11.8.